The SMILES string of the molecule is O=C1CC(CO)CN1CCOc1cccc(Cl)c1. The van der Waals surface area contributed by atoms with Crippen LogP contribution in [-0.2, 0) is 4.79 Å². The Hall–Kier alpha value is -1.26. The quantitative estimate of drug-likeness (QED) is 0.883. The first kappa shape index (κ1) is 13.2. The van der Waals surface area contributed by atoms with E-state index in [2.05, 4.69) is 0 Å². The normalized spacial score (nSPS) is 19.3. The molecule has 1 fully saturated rings. The summed E-state index contributed by atoms with van der Waals surface area (Å²) in [6.07, 6.45) is 0.438. The molecule has 1 heterocycles. The average Bonchev–Trinajstić information content (AvgIpc) is 2.71. The van der Waals surface area contributed by atoms with Crippen molar-refractivity contribution >= 4 is 17.5 Å². The van der Waals surface area contributed by atoms with Crippen LogP contribution in [0.2, 0.25) is 5.02 Å². The molecule has 0 spiro atoms. The van der Waals surface area contributed by atoms with Crippen LogP contribution < -0.4 is 4.74 Å². The standard InChI is InChI=1S/C13H16ClNO3/c14-11-2-1-3-12(7-11)18-5-4-15-8-10(9-16)6-13(15)17/h1-3,7,10,16H,4-6,8-9H2. The van der Waals surface area contributed by atoms with Gasteiger partial charge in [0.25, 0.3) is 0 Å². The highest BCUT2D eigenvalue weighted by Gasteiger charge is 2.28. The van der Waals surface area contributed by atoms with Gasteiger partial charge in [0, 0.05) is 30.5 Å². The molecule has 0 aromatic heterocycles. The second-order valence-electron chi connectivity index (χ2n) is 4.40. The van der Waals surface area contributed by atoms with Gasteiger partial charge in [0.15, 0.2) is 0 Å². The van der Waals surface area contributed by atoms with Crippen LogP contribution in [0.4, 0.5) is 0 Å². The molecular weight excluding hydrogens is 254 g/mol. The fourth-order valence-electron chi connectivity index (χ4n) is 2.02. The highest BCUT2D eigenvalue weighted by molar-refractivity contribution is 6.30. The first-order valence-electron chi connectivity index (χ1n) is 5.96. The number of amides is 1. The summed E-state index contributed by atoms with van der Waals surface area (Å²) in [5.74, 6) is 0.861. The van der Waals surface area contributed by atoms with Gasteiger partial charge in [0.05, 0.1) is 6.54 Å². The third-order valence-electron chi connectivity index (χ3n) is 2.98. The number of rotatable bonds is 5. The van der Waals surface area contributed by atoms with E-state index in [1.807, 2.05) is 12.1 Å². The number of hydrogen-bond donors (Lipinski definition) is 1. The Balaban J connectivity index is 1.77. The lowest BCUT2D eigenvalue weighted by Crippen LogP contribution is -2.30. The van der Waals surface area contributed by atoms with Crippen LogP contribution in [0.15, 0.2) is 24.3 Å². The van der Waals surface area contributed by atoms with Crippen molar-refractivity contribution in [3.8, 4) is 5.75 Å². The van der Waals surface area contributed by atoms with Crippen LogP contribution in [0.25, 0.3) is 0 Å². The van der Waals surface area contributed by atoms with Gasteiger partial charge >= 0.3 is 0 Å². The highest BCUT2D eigenvalue weighted by Crippen LogP contribution is 2.18. The Morgan fingerprint density at radius 1 is 1.50 bits per heavy atom. The minimum absolute atomic E-state index is 0.0669. The fourth-order valence-corrected chi connectivity index (χ4v) is 2.20. The zero-order valence-corrected chi connectivity index (χ0v) is 10.8. The highest BCUT2D eigenvalue weighted by atomic mass is 35.5. The number of likely N-dealkylation sites (tertiary alicyclic amines) is 1. The van der Waals surface area contributed by atoms with Gasteiger partial charge in [-0.25, -0.2) is 0 Å². The molecule has 1 N–H and O–H groups in total. The number of aliphatic hydroxyl groups is 1. The lowest BCUT2D eigenvalue weighted by Gasteiger charge is -2.16. The van der Waals surface area contributed by atoms with Crippen LogP contribution in [0.1, 0.15) is 6.42 Å². The molecule has 1 unspecified atom stereocenters. The molecule has 98 valence electrons. The minimum Gasteiger partial charge on any atom is -0.492 e. The largest absolute Gasteiger partial charge is 0.492 e. The van der Waals surface area contributed by atoms with Crippen molar-refractivity contribution in [2.45, 2.75) is 6.42 Å². The third-order valence-corrected chi connectivity index (χ3v) is 3.21. The number of aliphatic hydroxyl groups excluding tert-OH is 1. The zero-order chi connectivity index (χ0) is 13.0. The Morgan fingerprint density at radius 2 is 2.33 bits per heavy atom. The number of halogens is 1. The average molecular weight is 270 g/mol. The predicted octanol–water partition coefficient (Wildman–Crippen LogP) is 1.56. The molecule has 0 aliphatic carbocycles. The summed E-state index contributed by atoms with van der Waals surface area (Å²) in [5, 5.41) is 9.64. The van der Waals surface area contributed by atoms with Gasteiger partial charge in [-0.1, -0.05) is 17.7 Å². The van der Waals surface area contributed by atoms with Gasteiger partial charge in [-0.2, -0.15) is 0 Å². The molecular formula is C13H16ClNO3. The number of nitrogens with zero attached hydrogens (tertiary/aromatic N) is 1. The lowest BCUT2D eigenvalue weighted by atomic mass is 10.1. The Bertz CT molecular complexity index is 424. The second-order valence-corrected chi connectivity index (χ2v) is 4.83. The maximum atomic E-state index is 11.6. The number of hydrogen-bond acceptors (Lipinski definition) is 3. The van der Waals surface area contributed by atoms with Crippen LogP contribution in [0.5, 0.6) is 5.75 Å². The molecule has 1 aliphatic heterocycles. The Labute approximate surface area is 111 Å². The summed E-state index contributed by atoms with van der Waals surface area (Å²) < 4.78 is 5.53. The van der Waals surface area contributed by atoms with E-state index in [-0.39, 0.29) is 18.4 Å². The molecule has 0 bridgehead atoms. The lowest BCUT2D eigenvalue weighted by molar-refractivity contribution is -0.128. The van der Waals surface area contributed by atoms with Crippen molar-refractivity contribution < 1.29 is 14.6 Å². The minimum atomic E-state index is 0.0669. The summed E-state index contributed by atoms with van der Waals surface area (Å²) in [6.45, 7) is 1.66. The molecule has 0 radical (unpaired) electrons. The van der Waals surface area contributed by atoms with Crippen molar-refractivity contribution in [1.29, 1.82) is 0 Å². The third kappa shape index (κ3) is 3.37. The van der Waals surface area contributed by atoms with Crippen LogP contribution in [-0.4, -0.2) is 42.2 Å². The van der Waals surface area contributed by atoms with Gasteiger partial charge in [-0.05, 0) is 18.2 Å². The molecule has 1 aromatic carbocycles. The smallest absolute Gasteiger partial charge is 0.223 e. The van der Waals surface area contributed by atoms with Crippen LogP contribution in [0.3, 0.4) is 0 Å². The molecule has 4 nitrogen and oxygen atoms in total. The van der Waals surface area contributed by atoms with Gasteiger partial charge < -0.3 is 14.7 Å². The van der Waals surface area contributed by atoms with Crippen molar-refractivity contribution in [3.05, 3.63) is 29.3 Å². The second kappa shape index (κ2) is 6.07. The van der Waals surface area contributed by atoms with Gasteiger partial charge in [0.2, 0.25) is 5.91 Å². The van der Waals surface area contributed by atoms with E-state index >= 15 is 0 Å². The number of carbonyl (C=O) groups excluding carboxylic acids is 1. The van der Waals surface area contributed by atoms with E-state index < -0.39 is 0 Å². The first-order valence-corrected chi connectivity index (χ1v) is 6.34. The number of carbonyl (C=O) groups is 1. The Kier molecular flexibility index (Phi) is 4.44. The number of ether oxygens (including phenoxy) is 1. The van der Waals surface area contributed by atoms with Crippen molar-refractivity contribution in [1.82, 2.24) is 4.90 Å². The fraction of sp³-hybridized carbons (Fsp3) is 0.462. The molecule has 1 amide bonds. The molecule has 5 heteroatoms. The van der Waals surface area contributed by atoms with E-state index in [1.54, 1.807) is 17.0 Å². The molecule has 1 atom stereocenters. The monoisotopic (exact) mass is 269 g/mol. The molecule has 0 saturated carbocycles. The van der Waals surface area contributed by atoms with Gasteiger partial charge in [-0.3, -0.25) is 4.79 Å². The predicted molar refractivity (Wildman–Crippen MR) is 68.7 cm³/mol. The first-order chi connectivity index (χ1) is 8.69. The molecule has 18 heavy (non-hydrogen) atoms. The summed E-state index contributed by atoms with van der Waals surface area (Å²) >= 11 is 5.84. The van der Waals surface area contributed by atoms with E-state index in [0.29, 0.717) is 36.9 Å². The van der Waals surface area contributed by atoms with Crippen molar-refractivity contribution in [3.63, 3.8) is 0 Å². The molecule has 1 saturated heterocycles. The summed E-state index contributed by atoms with van der Waals surface area (Å²) in [4.78, 5) is 13.3. The Morgan fingerprint density at radius 3 is 3.00 bits per heavy atom. The maximum Gasteiger partial charge on any atom is 0.223 e. The number of benzene rings is 1. The maximum absolute atomic E-state index is 11.6. The van der Waals surface area contributed by atoms with Crippen LogP contribution in [0, 0.1) is 5.92 Å². The summed E-state index contributed by atoms with van der Waals surface area (Å²) in [5.41, 5.74) is 0. The molecule has 1 aromatic rings. The van der Waals surface area contributed by atoms with E-state index in [9.17, 15) is 4.79 Å². The molecule has 2 rings (SSSR count). The molecule has 1 aliphatic rings. The van der Waals surface area contributed by atoms with E-state index in [0.717, 1.165) is 0 Å². The van der Waals surface area contributed by atoms with Crippen molar-refractivity contribution in [2.24, 2.45) is 5.92 Å². The van der Waals surface area contributed by atoms with Crippen LogP contribution >= 0.6 is 11.6 Å². The zero-order valence-electron chi connectivity index (χ0n) is 10.0. The topological polar surface area (TPSA) is 49.8 Å². The van der Waals surface area contributed by atoms with Crippen molar-refractivity contribution in [2.75, 3.05) is 26.3 Å². The van der Waals surface area contributed by atoms with Gasteiger partial charge in [0.1, 0.15) is 12.4 Å². The summed E-state index contributed by atoms with van der Waals surface area (Å²) in [6, 6.07) is 7.17. The summed E-state index contributed by atoms with van der Waals surface area (Å²) in [7, 11) is 0. The van der Waals surface area contributed by atoms with E-state index in [1.165, 1.54) is 0 Å². The van der Waals surface area contributed by atoms with E-state index in [4.69, 9.17) is 21.4 Å². The van der Waals surface area contributed by atoms with Gasteiger partial charge in [-0.15, -0.1) is 0 Å².